The lowest BCUT2D eigenvalue weighted by molar-refractivity contribution is 0.349. The molecule has 2 aromatic carbocycles. The summed E-state index contributed by atoms with van der Waals surface area (Å²) >= 11 is 0. The average molecular weight is 279 g/mol. The molecule has 0 bridgehead atoms. The van der Waals surface area contributed by atoms with Crippen LogP contribution in [0.15, 0.2) is 54.6 Å². The van der Waals surface area contributed by atoms with Crippen LogP contribution >= 0.6 is 0 Å². The van der Waals surface area contributed by atoms with E-state index in [0.717, 1.165) is 12.3 Å². The first-order chi connectivity index (χ1) is 10.3. The molecule has 1 saturated carbocycles. The molecule has 0 radical (unpaired) electrons. The van der Waals surface area contributed by atoms with Gasteiger partial charge in [-0.1, -0.05) is 68.3 Å². The third-order valence-electron chi connectivity index (χ3n) is 4.71. The van der Waals surface area contributed by atoms with Crippen molar-refractivity contribution in [1.29, 1.82) is 0 Å². The van der Waals surface area contributed by atoms with Gasteiger partial charge >= 0.3 is 0 Å². The van der Waals surface area contributed by atoms with E-state index in [2.05, 4.69) is 66.8 Å². The van der Waals surface area contributed by atoms with E-state index < -0.39 is 0 Å². The fourth-order valence-corrected chi connectivity index (χ4v) is 3.36. The molecular formula is C20H25N. The molecule has 1 aliphatic rings. The van der Waals surface area contributed by atoms with Gasteiger partial charge in [0, 0.05) is 11.7 Å². The van der Waals surface area contributed by atoms with E-state index >= 15 is 0 Å². The minimum atomic E-state index is 0.635. The lowest BCUT2D eigenvalue weighted by Crippen LogP contribution is -2.30. The largest absolute Gasteiger partial charge is 0.382 e. The molecule has 0 spiro atoms. The third kappa shape index (κ3) is 3.66. The van der Waals surface area contributed by atoms with E-state index in [1.807, 2.05) is 0 Å². The summed E-state index contributed by atoms with van der Waals surface area (Å²) in [5, 5.41) is 3.82. The van der Waals surface area contributed by atoms with E-state index in [0.29, 0.717) is 6.04 Å². The number of hydrogen-bond donors (Lipinski definition) is 1. The molecule has 0 heterocycles. The van der Waals surface area contributed by atoms with Crippen LogP contribution in [0.5, 0.6) is 0 Å². The van der Waals surface area contributed by atoms with Crippen LogP contribution in [0.1, 0.15) is 43.7 Å². The summed E-state index contributed by atoms with van der Waals surface area (Å²) in [6, 6.07) is 20.1. The second-order valence-corrected chi connectivity index (χ2v) is 6.33. The van der Waals surface area contributed by atoms with Gasteiger partial charge in [-0.25, -0.2) is 0 Å². The van der Waals surface area contributed by atoms with Gasteiger partial charge in [0.05, 0.1) is 0 Å². The van der Waals surface area contributed by atoms with E-state index in [9.17, 15) is 0 Å². The van der Waals surface area contributed by atoms with Gasteiger partial charge in [-0.05, 0) is 42.4 Å². The van der Waals surface area contributed by atoms with Crippen LogP contribution in [0.3, 0.4) is 0 Å². The van der Waals surface area contributed by atoms with Crippen LogP contribution < -0.4 is 5.32 Å². The Hall–Kier alpha value is -1.76. The maximum absolute atomic E-state index is 3.82. The summed E-state index contributed by atoms with van der Waals surface area (Å²) in [5.74, 6) is 0.781. The summed E-state index contributed by atoms with van der Waals surface area (Å²) in [7, 11) is 0. The zero-order valence-corrected chi connectivity index (χ0v) is 12.9. The molecule has 0 saturated heterocycles. The Bertz CT molecular complexity index is 561. The smallest absolute Gasteiger partial charge is 0.0378 e. The number of para-hydroxylation sites is 1. The van der Waals surface area contributed by atoms with Crippen LogP contribution in [0.2, 0.25) is 0 Å². The maximum atomic E-state index is 3.82. The molecule has 3 rings (SSSR count). The minimum Gasteiger partial charge on any atom is -0.382 e. The van der Waals surface area contributed by atoms with E-state index in [4.69, 9.17) is 0 Å². The molecule has 2 aromatic rings. The van der Waals surface area contributed by atoms with Crippen molar-refractivity contribution in [2.75, 3.05) is 5.32 Å². The van der Waals surface area contributed by atoms with Crippen LogP contribution in [0, 0.1) is 5.92 Å². The van der Waals surface area contributed by atoms with Crippen molar-refractivity contribution in [3.8, 4) is 0 Å². The third-order valence-corrected chi connectivity index (χ3v) is 4.71. The van der Waals surface area contributed by atoms with Crippen molar-refractivity contribution in [3.63, 3.8) is 0 Å². The maximum Gasteiger partial charge on any atom is 0.0378 e. The Balaban J connectivity index is 1.76. The van der Waals surface area contributed by atoms with E-state index in [-0.39, 0.29) is 0 Å². The molecule has 2 atom stereocenters. The van der Waals surface area contributed by atoms with Crippen molar-refractivity contribution in [2.45, 2.75) is 45.1 Å². The topological polar surface area (TPSA) is 12.0 Å². The normalized spacial score (nSPS) is 22.0. The second-order valence-electron chi connectivity index (χ2n) is 6.33. The molecule has 110 valence electrons. The summed E-state index contributed by atoms with van der Waals surface area (Å²) in [6.07, 6.45) is 6.43. The molecule has 1 fully saturated rings. The Labute approximate surface area is 128 Å². The van der Waals surface area contributed by atoms with Gasteiger partial charge in [0.25, 0.3) is 0 Å². The van der Waals surface area contributed by atoms with Gasteiger partial charge in [0.1, 0.15) is 0 Å². The Morgan fingerprint density at radius 1 is 0.905 bits per heavy atom. The highest BCUT2D eigenvalue weighted by atomic mass is 14.9. The Kier molecular flexibility index (Phi) is 4.59. The minimum absolute atomic E-state index is 0.635. The van der Waals surface area contributed by atoms with Crippen molar-refractivity contribution in [1.82, 2.24) is 0 Å². The summed E-state index contributed by atoms with van der Waals surface area (Å²) in [4.78, 5) is 0. The first-order valence-corrected chi connectivity index (χ1v) is 8.21. The zero-order valence-electron chi connectivity index (χ0n) is 12.9. The predicted molar refractivity (Wildman–Crippen MR) is 90.7 cm³/mol. The van der Waals surface area contributed by atoms with Gasteiger partial charge in [-0.3, -0.25) is 0 Å². The highest BCUT2D eigenvalue weighted by molar-refractivity contribution is 5.53. The van der Waals surface area contributed by atoms with Gasteiger partial charge < -0.3 is 5.32 Å². The van der Waals surface area contributed by atoms with E-state index in [1.165, 1.54) is 42.5 Å². The molecule has 1 aliphatic carbocycles. The molecule has 0 amide bonds. The molecule has 21 heavy (non-hydrogen) atoms. The monoisotopic (exact) mass is 279 g/mol. The molecular weight excluding hydrogens is 254 g/mol. The van der Waals surface area contributed by atoms with Gasteiger partial charge in [0.15, 0.2) is 0 Å². The zero-order chi connectivity index (χ0) is 14.5. The number of nitrogens with one attached hydrogen (secondary N) is 1. The van der Waals surface area contributed by atoms with Crippen LogP contribution in [0.25, 0.3) is 0 Å². The van der Waals surface area contributed by atoms with Gasteiger partial charge in [0.2, 0.25) is 0 Å². The summed E-state index contributed by atoms with van der Waals surface area (Å²) in [5.41, 5.74) is 4.10. The molecule has 1 N–H and O–H groups in total. The van der Waals surface area contributed by atoms with Gasteiger partial charge in [-0.15, -0.1) is 0 Å². The molecule has 1 heteroatoms. The number of hydrogen-bond acceptors (Lipinski definition) is 1. The lowest BCUT2D eigenvalue weighted by atomic mass is 9.85. The number of benzene rings is 2. The Morgan fingerprint density at radius 3 is 2.43 bits per heavy atom. The summed E-state index contributed by atoms with van der Waals surface area (Å²) in [6.45, 7) is 2.39. The standard InChI is InChI=1S/C20H25N/c1-16-9-5-7-13-19(16)21-20-14-8-6-12-18(20)15-17-10-3-2-4-11-17/h2-4,6,8,10-12,14,16,19,21H,5,7,9,13,15H2,1H3. The van der Waals surface area contributed by atoms with Gasteiger partial charge in [-0.2, -0.15) is 0 Å². The highest BCUT2D eigenvalue weighted by Crippen LogP contribution is 2.28. The van der Waals surface area contributed by atoms with Crippen LogP contribution in [-0.2, 0) is 6.42 Å². The molecule has 0 aromatic heterocycles. The van der Waals surface area contributed by atoms with Crippen molar-refractivity contribution in [2.24, 2.45) is 5.92 Å². The first-order valence-electron chi connectivity index (χ1n) is 8.21. The second kappa shape index (κ2) is 6.80. The van der Waals surface area contributed by atoms with Crippen LogP contribution in [0.4, 0.5) is 5.69 Å². The Morgan fingerprint density at radius 2 is 1.62 bits per heavy atom. The average Bonchev–Trinajstić information content (AvgIpc) is 2.52. The van der Waals surface area contributed by atoms with Crippen molar-refractivity contribution >= 4 is 5.69 Å². The quantitative estimate of drug-likeness (QED) is 0.804. The highest BCUT2D eigenvalue weighted by Gasteiger charge is 2.21. The van der Waals surface area contributed by atoms with Crippen molar-refractivity contribution < 1.29 is 0 Å². The van der Waals surface area contributed by atoms with E-state index in [1.54, 1.807) is 0 Å². The fraction of sp³-hybridized carbons (Fsp3) is 0.400. The fourth-order valence-electron chi connectivity index (χ4n) is 3.36. The lowest BCUT2D eigenvalue weighted by Gasteiger charge is -2.31. The summed E-state index contributed by atoms with van der Waals surface area (Å²) < 4.78 is 0. The van der Waals surface area contributed by atoms with Crippen molar-refractivity contribution in [3.05, 3.63) is 65.7 Å². The number of rotatable bonds is 4. The molecule has 1 nitrogen and oxygen atoms in total. The number of anilines is 1. The van der Waals surface area contributed by atoms with Crippen LogP contribution in [-0.4, -0.2) is 6.04 Å². The molecule has 0 aliphatic heterocycles. The molecule has 2 unspecified atom stereocenters. The predicted octanol–water partition coefficient (Wildman–Crippen LogP) is 5.27. The SMILES string of the molecule is CC1CCCCC1Nc1ccccc1Cc1ccccc1. The first kappa shape index (κ1) is 14.2.